The zero-order chi connectivity index (χ0) is 12.6. The molecular formula is C11H10BrN3OS. The van der Waals surface area contributed by atoms with Crippen molar-refractivity contribution in [1.29, 1.82) is 0 Å². The molecule has 17 heavy (non-hydrogen) atoms. The van der Waals surface area contributed by atoms with Gasteiger partial charge < -0.3 is 5.73 Å². The summed E-state index contributed by atoms with van der Waals surface area (Å²) < 4.78 is 0.956. The van der Waals surface area contributed by atoms with Gasteiger partial charge in [-0.15, -0.1) is 17.8 Å². The number of amidine groups is 1. The van der Waals surface area contributed by atoms with Gasteiger partial charge in [-0.2, -0.15) is 4.99 Å². The van der Waals surface area contributed by atoms with Gasteiger partial charge in [0.05, 0.1) is 6.04 Å². The summed E-state index contributed by atoms with van der Waals surface area (Å²) in [5.41, 5.74) is 5.80. The molecule has 1 aliphatic heterocycles. The fourth-order valence-electron chi connectivity index (χ4n) is 1.71. The molecule has 4 nitrogen and oxygen atoms in total. The first kappa shape index (κ1) is 12.1. The van der Waals surface area contributed by atoms with E-state index in [1.807, 2.05) is 11.4 Å². The van der Waals surface area contributed by atoms with Gasteiger partial charge >= 0.3 is 6.03 Å². The number of rotatable bonds is 2. The Bertz CT molecular complexity index is 531. The third-order valence-corrected chi connectivity index (χ3v) is 4.27. The van der Waals surface area contributed by atoms with Crippen LogP contribution in [-0.2, 0) is 0 Å². The van der Waals surface area contributed by atoms with E-state index in [0.29, 0.717) is 5.84 Å². The van der Waals surface area contributed by atoms with Crippen molar-refractivity contribution in [2.45, 2.75) is 19.0 Å². The third-order valence-electron chi connectivity index (χ3n) is 2.52. The van der Waals surface area contributed by atoms with E-state index in [9.17, 15) is 4.79 Å². The number of hydrogen-bond donors (Lipinski definition) is 1. The minimum absolute atomic E-state index is 0.298. The Morgan fingerprint density at radius 2 is 2.47 bits per heavy atom. The molecule has 0 saturated heterocycles. The Balaban J connectivity index is 2.40. The van der Waals surface area contributed by atoms with Gasteiger partial charge in [-0.3, -0.25) is 4.90 Å². The predicted octanol–water partition coefficient (Wildman–Crippen LogP) is 2.37. The van der Waals surface area contributed by atoms with E-state index >= 15 is 0 Å². The van der Waals surface area contributed by atoms with Gasteiger partial charge in [0.25, 0.3) is 0 Å². The van der Waals surface area contributed by atoms with Gasteiger partial charge in [-0.05, 0) is 28.9 Å². The van der Waals surface area contributed by atoms with E-state index in [-0.39, 0.29) is 18.1 Å². The van der Waals surface area contributed by atoms with E-state index < -0.39 is 0 Å². The molecule has 1 aliphatic rings. The van der Waals surface area contributed by atoms with E-state index in [1.54, 1.807) is 6.92 Å². The van der Waals surface area contributed by atoms with Crippen molar-refractivity contribution >= 4 is 39.1 Å². The molecule has 2 heterocycles. The maximum Gasteiger partial charge on any atom is 0.347 e. The van der Waals surface area contributed by atoms with Gasteiger partial charge in [0.2, 0.25) is 0 Å². The molecule has 2 unspecified atom stereocenters. The van der Waals surface area contributed by atoms with Gasteiger partial charge in [0.15, 0.2) is 0 Å². The van der Waals surface area contributed by atoms with E-state index in [1.165, 1.54) is 16.2 Å². The normalized spacial score (nSPS) is 21.2. The minimum Gasteiger partial charge on any atom is -0.385 e. The van der Waals surface area contributed by atoms with Crippen LogP contribution in [0.25, 0.3) is 0 Å². The highest BCUT2D eigenvalue weighted by molar-refractivity contribution is 9.10. The van der Waals surface area contributed by atoms with Crippen LogP contribution in [0.5, 0.6) is 0 Å². The summed E-state index contributed by atoms with van der Waals surface area (Å²) in [5, 5.41) is 1.93. The van der Waals surface area contributed by atoms with Gasteiger partial charge in [-0.1, -0.05) is 5.92 Å². The fraction of sp³-hybridized carbons (Fsp3) is 0.273. The average molecular weight is 312 g/mol. The Morgan fingerprint density at radius 1 is 1.76 bits per heavy atom. The summed E-state index contributed by atoms with van der Waals surface area (Å²) in [7, 11) is 0. The van der Waals surface area contributed by atoms with Crippen LogP contribution in [-0.4, -0.2) is 22.8 Å². The van der Waals surface area contributed by atoms with Gasteiger partial charge in [0.1, 0.15) is 11.9 Å². The molecule has 0 radical (unpaired) electrons. The Kier molecular flexibility index (Phi) is 3.22. The fourth-order valence-corrected chi connectivity index (χ4v) is 3.26. The number of thiophene rings is 1. The van der Waals surface area contributed by atoms with Crippen LogP contribution in [0, 0.1) is 12.3 Å². The lowest BCUT2D eigenvalue weighted by molar-refractivity contribution is 0.199. The summed E-state index contributed by atoms with van der Waals surface area (Å²) in [4.78, 5) is 18.0. The number of nitrogens with two attached hydrogens (primary N) is 1. The topological polar surface area (TPSA) is 58.7 Å². The van der Waals surface area contributed by atoms with Crippen LogP contribution in [0.3, 0.4) is 0 Å². The maximum atomic E-state index is 11.7. The highest BCUT2D eigenvalue weighted by Gasteiger charge is 2.37. The second kappa shape index (κ2) is 4.51. The van der Waals surface area contributed by atoms with Crippen LogP contribution in [0.15, 0.2) is 20.9 Å². The minimum atomic E-state index is -0.373. The Morgan fingerprint density at radius 3 is 3.00 bits per heavy atom. The van der Waals surface area contributed by atoms with Crippen molar-refractivity contribution in [3.63, 3.8) is 0 Å². The van der Waals surface area contributed by atoms with Crippen molar-refractivity contribution in [1.82, 2.24) is 4.90 Å². The molecule has 0 bridgehead atoms. The first-order valence-electron chi connectivity index (χ1n) is 4.91. The molecular weight excluding hydrogens is 302 g/mol. The highest BCUT2D eigenvalue weighted by atomic mass is 79.9. The molecule has 0 spiro atoms. The van der Waals surface area contributed by atoms with E-state index in [4.69, 9.17) is 12.2 Å². The van der Waals surface area contributed by atoms with Crippen LogP contribution in [0.2, 0.25) is 0 Å². The lowest BCUT2D eigenvalue weighted by Gasteiger charge is -2.26. The molecule has 2 rings (SSSR count). The Hall–Kier alpha value is -1.32. The van der Waals surface area contributed by atoms with Crippen molar-refractivity contribution < 1.29 is 4.79 Å². The molecule has 0 aliphatic carbocycles. The molecule has 2 N–H and O–H groups in total. The molecule has 2 atom stereocenters. The number of hydrogen-bond acceptors (Lipinski definition) is 3. The zero-order valence-corrected chi connectivity index (χ0v) is 11.5. The molecule has 1 aromatic heterocycles. The first-order chi connectivity index (χ1) is 8.04. The number of nitrogens with zero attached hydrogens (tertiary/aromatic N) is 2. The molecule has 0 aromatic carbocycles. The number of halogens is 1. The zero-order valence-electron chi connectivity index (χ0n) is 9.05. The lowest BCUT2D eigenvalue weighted by Crippen LogP contribution is -2.38. The summed E-state index contributed by atoms with van der Waals surface area (Å²) in [6.45, 7) is 1.78. The second-order valence-corrected chi connectivity index (χ2v) is 5.50. The number of terminal acetylenes is 1. The summed E-state index contributed by atoms with van der Waals surface area (Å²) in [5.74, 6) is 2.83. The largest absolute Gasteiger partial charge is 0.385 e. The molecule has 2 amide bonds. The molecule has 1 aromatic rings. The number of amides is 2. The monoisotopic (exact) mass is 311 g/mol. The quantitative estimate of drug-likeness (QED) is 0.852. The first-order valence-corrected chi connectivity index (χ1v) is 6.58. The number of carbonyl (C=O) groups excluding carboxylic acids is 1. The highest BCUT2D eigenvalue weighted by Crippen LogP contribution is 2.34. The molecule has 88 valence electrons. The standard InChI is InChI=1S/C11H10BrN3OS/c1-3-6(2)15-9(10(13)14-11(15)16)8-4-7(12)5-17-8/h1,4-6,9H,2H3,(H2,13,14,16). The second-order valence-electron chi connectivity index (χ2n) is 3.64. The number of carbonyl (C=O) groups is 1. The molecule has 0 fully saturated rings. The van der Waals surface area contributed by atoms with Crippen LogP contribution < -0.4 is 5.73 Å². The van der Waals surface area contributed by atoms with Crippen molar-refractivity contribution in [3.8, 4) is 12.3 Å². The average Bonchev–Trinajstić information content (AvgIpc) is 2.81. The Labute approximate surface area is 112 Å². The summed E-state index contributed by atoms with van der Waals surface area (Å²) in [6, 6.07) is 0.873. The van der Waals surface area contributed by atoms with Crippen LogP contribution >= 0.6 is 27.3 Å². The predicted molar refractivity (Wildman–Crippen MR) is 71.9 cm³/mol. The SMILES string of the molecule is C#CC(C)N1C(=O)N=C(N)C1c1cc(Br)cs1. The molecule has 0 saturated carbocycles. The van der Waals surface area contributed by atoms with Crippen LogP contribution in [0.1, 0.15) is 17.8 Å². The molecule has 6 heteroatoms. The van der Waals surface area contributed by atoms with Crippen molar-refractivity contribution in [2.24, 2.45) is 10.7 Å². The van der Waals surface area contributed by atoms with Crippen molar-refractivity contribution in [3.05, 3.63) is 20.8 Å². The summed E-state index contributed by atoms with van der Waals surface area (Å²) >= 11 is 4.89. The third kappa shape index (κ3) is 2.08. The maximum absolute atomic E-state index is 11.7. The smallest absolute Gasteiger partial charge is 0.347 e. The van der Waals surface area contributed by atoms with Crippen LogP contribution in [0.4, 0.5) is 4.79 Å². The number of urea groups is 1. The summed E-state index contributed by atoms with van der Waals surface area (Å²) in [6.07, 6.45) is 5.36. The van der Waals surface area contributed by atoms with Gasteiger partial charge in [0, 0.05) is 14.7 Å². The van der Waals surface area contributed by atoms with Gasteiger partial charge in [-0.25, -0.2) is 4.79 Å². The lowest BCUT2D eigenvalue weighted by atomic mass is 10.1. The van der Waals surface area contributed by atoms with E-state index in [2.05, 4.69) is 26.8 Å². The van der Waals surface area contributed by atoms with E-state index in [0.717, 1.165) is 9.35 Å². The number of aliphatic imine (C=N–C) groups is 1. The van der Waals surface area contributed by atoms with Crippen molar-refractivity contribution in [2.75, 3.05) is 0 Å².